The lowest BCUT2D eigenvalue weighted by molar-refractivity contribution is -0.188. The zero-order valence-electron chi connectivity index (χ0n) is 12.9. The van der Waals surface area contributed by atoms with Crippen LogP contribution in [0.4, 0.5) is 0 Å². The molecule has 6 heteroatoms. The van der Waals surface area contributed by atoms with E-state index in [2.05, 4.69) is 0 Å². The van der Waals surface area contributed by atoms with E-state index in [1.165, 1.54) is 0 Å². The van der Waals surface area contributed by atoms with E-state index >= 15 is 0 Å². The molecule has 0 aromatic heterocycles. The summed E-state index contributed by atoms with van der Waals surface area (Å²) in [5, 5.41) is 1.61. The summed E-state index contributed by atoms with van der Waals surface area (Å²) in [4.78, 5) is 29.6. The fourth-order valence-corrected chi connectivity index (χ4v) is 2.36. The Bertz CT molecular complexity index is 479. The van der Waals surface area contributed by atoms with Gasteiger partial charge in [-0.25, -0.2) is 4.79 Å². The highest BCUT2D eigenvalue weighted by Crippen LogP contribution is 2.25. The number of hydroxylamine groups is 2. The van der Waals surface area contributed by atoms with Crippen LogP contribution in [0.3, 0.4) is 0 Å². The number of ether oxygens (including phenoxy) is 2. The third-order valence-electron chi connectivity index (χ3n) is 3.34. The molecule has 1 heterocycles. The van der Waals surface area contributed by atoms with Crippen molar-refractivity contribution in [1.82, 2.24) is 5.06 Å². The molecule has 2 atom stereocenters. The summed E-state index contributed by atoms with van der Waals surface area (Å²) in [6, 6.07) is 9.70. The van der Waals surface area contributed by atoms with E-state index in [1.54, 1.807) is 18.9 Å². The van der Waals surface area contributed by atoms with E-state index in [9.17, 15) is 9.59 Å². The number of benzene rings is 1. The maximum atomic E-state index is 12.0. The number of hydrogen-bond donors (Lipinski definition) is 0. The summed E-state index contributed by atoms with van der Waals surface area (Å²) in [5.41, 5.74) is 1.04. The van der Waals surface area contributed by atoms with Gasteiger partial charge in [0.2, 0.25) is 0 Å². The topological polar surface area (TPSA) is 65.1 Å². The first-order chi connectivity index (χ1) is 10.7. The molecule has 1 fully saturated rings. The standard InChI is InChI=1S/C16H21NO5/c1-3-20-15(18)13-11-17(10-12-8-6-5-7-9-12)22-14(13)16(19)21-4-2/h5-9,13-14H,3-4,10-11H2,1-2H3/t13-,14+/m0/s1. The smallest absolute Gasteiger partial charge is 0.338 e. The van der Waals surface area contributed by atoms with Crippen LogP contribution in [-0.2, 0) is 30.4 Å². The number of carbonyl (C=O) groups excluding carboxylic acids is 2. The van der Waals surface area contributed by atoms with Gasteiger partial charge in [-0.3, -0.25) is 9.63 Å². The molecule has 2 rings (SSSR count). The van der Waals surface area contributed by atoms with Gasteiger partial charge in [0.25, 0.3) is 0 Å². The zero-order valence-corrected chi connectivity index (χ0v) is 12.9. The highest BCUT2D eigenvalue weighted by atomic mass is 16.7. The minimum absolute atomic E-state index is 0.243. The SMILES string of the molecule is CCOC(=O)[C@H]1CN(Cc2ccccc2)O[C@H]1C(=O)OCC. The number of carbonyl (C=O) groups is 2. The Morgan fingerprint density at radius 1 is 1.14 bits per heavy atom. The Kier molecular flexibility index (Phi) is 5.91. The minimum Gasteiger partial charge on any atom is -0.466 e. The molecule has 0 radical (unpaired) electrons. The highest BCUT2D eigenvalue weighted by molar-refractivity contribution is 5.84. The van der Waals surface area contributed by atoms with E-state index in [4.69, 9.17) is 14.3 Å². The van der Waals surface area contributed by atoms with Crippen molar-refractivity contribution in [2.75, 3.05) is 19.8 Å². The average molecular weight is 307 g/mol. The van der Waals surface area contributed by atoms with Gasteiger partial charge in [0, 0.05) is 13.1 Å². The summed E-state index contributed by atoms with van der Waals surface area (Å²) in [6.07, 6.45) is -0.942. The molecule has 0 aliphatic carbocycles. The molecule has 0 amide bonds. The molecule has 1 aliphatic rings. The minimum atomic E-state index is -0.942. The average Bonchev–Trinajstić information content (AvgIpc) is 2.93. The zero-order chi connectivity index (χ0) is 15.9. The monoisotopic (exact) mass is 307 g/mol. The molecule has 0 N–H and O–H groups in total. The van der Waals surface area contributed by atoms with Gasteiger partial charge >= 0.3 is 11.9 Å². The van der Waals surface area contributed by atoms with Crippen LogP contribution in [0.2, 0.25) is 0 Å². The predicted molar refractivity (Wildman–Crippen MR) is 78.5 cm³/mol. The van der Waals surface area contributed by atoms with Crippen molar-refractivity contribution in [3.8, 4) is 0 Å². The Morgan fingerprint density at radius 2 is 1.77 bits per heavy atom. The van der Waals surface area contributed by atoms with E-state index in [0.29, 0.717) is 13.1 Å². The van der Waals surface area contributed by atoms with Crippen LogP contribution in [0.5, 0.6) is 0 Å². The largest absolute Gasteiger partial charge is 0.466 e. The molecule has 1 aromatic rings. The predicted octanol–water partition coefficient (Wildman–Crippen LogP) is 1.54. The third kappa shape index (κ3) is 4.05. The van der Waals surface area contributed by atoms with Crippen LogP contribution in [0, 0.1) is 5.92 Å². The lowest BCUT2D eigenvalue weighted by atomic mass is 10.0. The van der Waals surface area contributed by atoms with Crippen molar-refractivity contribution in [3.05, 3.63) is 35.9 Å². The fraction of sp³-hybridized carbons (Fsp3) is 0.500. The van der Waals surface area contributed by atoms with Crippen molar-refractivity contribution in [2.45, 2.75) is 26.5 Å². The number of rotatable bonds is 6. The second kappa shape index (κ2) is 7.91. The first kappa shape index (κ1) is 16.5. The molecule has 0 spiro atoms. The third-order valence-corrected chi connectivity index (χ3v) is 3.34. The quantitative estimate of drug-likeness (QED) is 0.743. The van der Waals surface area contributed by atoms with Crippen LogP contribution in [0.15, 0.2) is 30.3 Å². The summed E-state index contributed by atoms with van der Waals surface area (Å²) in [5.74, 6) is -1.63. The van der Waals surface area contributed by atoms with Gasteiger partial charge in [0.05, 0.1) is 13.2 Å². The fourth-order valence-electron chi connectivity index (χ4n) is 2.36. The normalized spacial score (nSPS) is 21.5. The first-order valence-corrected chi connectivity index (χ1v) is 7.44. The number of nitrogens with zero attached hydrogens (tertiary/aromatic N) is 1. The van der Waals surface area contributed by atoms with Gasteiger partial charge in [-0.2, -0.15) is 5.06 Å². The van der Waals surface area contributed by atoms with Gasteiger partial charge in [-0.1, -0.05) is 30.3 Å². The second-order valence-electron chi connectivity index (χ2n) is 4.94. The number of hydrogen-bond acceptors (Lipinski definition) is 6. The maximum absolute atomic E-state index is 12.0. The van der Waals surface area contributed by atoms with Crippen LogP contribution >= 0.6 is 0 Å². The molecular weight excluding hydrogens is 286 g/mol. The van der Waals surface area contributed by atoms with Crippen LogP contribution in [-0.4, -0.2) is 42.9 Å². The molecular formula is C16H21NO5. The Hall–Kier alpha value is -1.92. The molecule has 1 aromatic carbocycles. The maximum Gasteiger partial charge on any atom is 0.338 e. The van der Waals surface area contributed by atoms with E-state index in [0.717, 1.165) is 5.56 Å². The van der Waals surface area contributed by atoms with E-state index in [-0.39, 0.29) is 13.2 Å². The molecule has 22 heavy (non-hydrogen) atoms. The van der Waals surface area contributed by atoms with Gasteiger partial charge < -0.3 is 9.47 Å². The lowest BCUT2D eigenvalue weighted by Gasteiger charge is -2.15. The van der Waals surface area contributed by atoms with E-state index in [1.807, 2.05) is 30.3 Å². The summed E-state index contributed by atoms with van der Waals surface area (Å²) >= 11 is 0. The Labute approximate surface area is 129 Å². The lowest BCUT2D eigenvalue weighted by Crippen LogP contribution is -2.35. The molecule has 6 nitrogen and oxygen atoms in total. The molecule has 0 bridgehead atoms. The van der Waals surface area contributed by atoms with Crippen LogP contribution < -0.4 is 0 Å². The molecule has 1 saturated heterocycles. The Morgan fingerprint density at radius 3 is 2.41 bits per heavy atom. The van der Waals surface area contributed by atoms with Crippen LogP contribution in [0.1, 0.15) is 19.4 Å². The summed E-state index contributed by atoms with van der Waals surface area (Å²) < 4.78 is 10.0. The summed E-state index contributed by atoms with van der Waals surface area (Å²) in [6.45, 7) is 4.75. The molecule has 120 valence electrons. The van der Waals surface area contributed by atoms with Crippen molar-refractivity contribution < 1.29 is 23.9 Å². The van der Waals surface area contributed by atoms with Gasteiger partial charge in [-0.15, -0.1) is 0 Å². The summed E-state index contributed by atoms with van der Waals surface area (Å²) in [7, 11) is 0. The van der Waals surface area contributed by atoms with E-state index < -0.39 is 24.0 Å². The molecule has 0 unspecified atom stereocenters. The Balaban J connectivity index is 2.06. The molecule has 0 saturated carbocycles. The second-order valence-corrected chi connectivity index (χ2v) is 4.94. The highest BCUT2D eigenvalue weighted by Gasteiger charge is 2.45. The van der Waals surface area contributed by atoms with Gasteiger partial charge in [-0.05, 0) is 19.4 Å². The number of esters is 2. The van der Waals surface area contributed by atoms with Crippen molar-refractivity contribution in [2.24, 2.45) is 5.92 Å². The van der Waals surface area contributed by atoms with Crippen molar-refractivity contribution >= 4 is 11.9 Å². The van der Waals surface area contributed by atoms with Gasteiger partial charge in [0.15, 0.2) is 6.10 Å². The van der Waals surface area contributed by atoms with Crippen LogP contribution in [0.25, 0.3) is 0 Å². The van der Waals surface area contributed by atoms with Crippen molar-refractivity contribution in [3.63, 3.8) is 0 Å². The van der Waals surface area contributed by atoms with Gasteiger partial charge in [0.1, 0.15) is 5.92 Å². The first-order valence-electron chi connectivity index (χ1n) is 7.44. The van der Waals surface area contributed by atoms with Crippen molar-refractivity contribution in [1.29, 1.82) is 0 Å². The molecule has 1 aliphatic heterocycles.